The van der Waals surface area contributed by atoms with Crippen LogP contribution in [0.15, 0.2) is 0 Å². The van der Waals surface area contributed by atoms with Crippen molar-refractivity contribution in [2.75, 3.05) is 13.1 Å². The molecule has 0 aromatic heterocycles. The molecule has 2 atom stereocenters. The van der Waals surface area contributed by atoms with Gasteiger partial charge in [-0.1, -0.05) is 0 Å². The first-order chi connectivity index (χ1) is 5.22. The van der Waals surface area contributed by atoms with Crippen LogP contribution in [0.25, 0.3) is 0 Å². The molecule has 5 heteroatoms. The fourth-order valence-corrected chi connectivity index (χ4v) is 1.33. The Kier molecular flexibility index (Phi) is 5.17. The minimum atomic E-state index is -1.69. The number of carbonyl (C=O) groups is 1. The average molecular weight is 198 g/mol. The Hall–Kier alpha value is -0.350. The van der Waals surface area contributed by atoms with Crippen LogP contribution in [0, 0.1) is 5.92 Å². The average Bonchev–Trinajstić information content (AvgIpc) is 2.05. The maximum atomic E-state index is 12.8. The van der Waals surface area contributed by atoms with Crippen molar-refractivity contribution >= 4 is 18.4 Å². The highest BCUT2D eigenvalue weighted by Gasteiger charge is 2.28. The zero-order chi connectivity index (χ0) is 8.27. The molecule has 0 aromatic carbocycles. The van der Waals surface area contributed by atoms with E-state index in [9.17, 15) is 9.18 Å². The Morgan fingerprint density at radius 2 is 2.33 bits per heavy atom. The first-order valence-corrected chi connectivity index (χ1v) is 3.79. The Bertz CT molecular complexity index is 150. The van der Waals surface area contributed by atoms with Gasteiger partial charge in [-0.2, -0.15) is 0 Å². The molecule has 2 N–H and O–H groups in total. The van der Waals surface area contributed by atoms with Gasteiger partial charge in [0.15, 0.2) is 0 Å². The van der Waals surface area contributed by atoms with E-state index in [0.29, 0.717) is 13.0 Å². The summed E-state index contributed by atoms with van der Waals surface area (Å²) in [5, 5.41) is 11.3. The predicted molar refractivity (Wildman–Crippen MR) is 45.4 cm³/mol. The number of hydrogen-bond acceptors (Lipinski definition) is 2. The zero-order valence-electron chi connectivity index (χ0n) is 6.62. The van der Waals surface area contributed by atoms with Gasteiger partial charge < -0.3 is 10.4 Å². The quantitative estimate of drug-likeness (QED) is 0.690. The number of hydrogen-bond donors (Lipinski definition) is 2. The van der Waals surface area contributed by atoms with Crippen molar-refractivity contribution in [1.82, 2.24) is 5.32 Å². The second kappa shape index (κ2) is 5.32. The van der Waals surface area contributed by atoms with E-state index in [1.54, 1.807) is 0 Å². The summed E-state index contributed by atoms with van der Waals surface area (Å²) in [7, 11) is 0. The molecule has 1 fully saturated rings. The van der Waals surface area contributed by atoms with Crippen molar-refractivity contribution in [1.29, 1.82) is 0 Å². The molecule has 0 bridgehead atoms. The Balaban J connectivity index is 0.00000121. The molecule has 0 amide bonds. The van der Waals surface area contributed by atoms with Crippen LogP contribution in [0.3, 0.4) is 0 Å². The van der Waals surface area contributed by atoms with Crippen LogP contribution >= 0.6 is 12.4 Å². The lowest BCUT2D eigenvalue weighted by Gasteiger charge is -2.23. The van der Waals surface area contributed by atoms with Crippen molar-refractivity contribution in [3.8, 4) is 0 Å². The third-order valence-corrected chi connectivity index (χ3v) is 1.98. The maximum Gasteiger partial charge on any atom is 0.338 e. The molecule has 0 aliphatic carbocycles. The molecule has 1 aliphatic rings. The van der Waals surface area contributed by atoms with Gasteiger partial charge in [-0.25, -0.2) is 9.18 Å². The summed E-state index contributed by atoms with van der Waals surface area (Å²) in [5.74, 6) is -1.67. The third kappa shape index (κ3) is 2.95. The number of halogens is 2. The van der Waals surface area contributed by atoms with Crippen LogP contribution in [0.1, 0.15) is 12.8 Å². The zero-order valence-corrected chi connectivity index (χ0v) is 7.44. The SMILES string of the molecule is Cl.O=C(O)C(F)C1CCCNC1. The minimum Gasteiger partial charge on any atom is -0.479 e. The van der Waals surface area contributed by atoms with Gasteiger partial charge in [0.25, 0.3) is 0 Å². The Labute approximate surface area is 76.7 Å². The summed E-state index contributed by atoms with van der Waals surface area (Å²) in [4.78, 5) is 10.2. The van der Waals surface area contributed by atoms with Gasteiger partial charge in [0, 0.05) is 12.5 Å². The summed E-state index contributed by atoms with van der Waals surface area (Å²) in [5.41, 5.74) is 0. The lowest BCUT2D eigenvalue weighted by Crippen LogP contribution is -2.38. The van der Waals surface area contributed by atoms with Crippen molar-refractivity contribution < 1.29 is 14.3 Å². The van der Waals surface area contributed by atoms with E-state index in [2.05, 4.69) is 5.32 Å². The number of carboxylic acid groups (broad SMARTS) is 1. The molecule has 1 rings (SSSR count). The first kappa shape index (κ1) is 11.6. The molecule has 0 aromatic rings. The van der Waals surface area contributed by atoms with Gasteiger partial charge in [0.1, 0.15) is 0 Å². The monoisotopic (exact) mass is 197 g/mol. The molecule has 12 heavy (non-hydrogen) atoms. The third-order valence-electron chi connectivity index (χ3n) is 1.98. The molecule has 0 spiro atoms. The van der Waals surface area contributed by atoms with Crippen molar-refractivity contribution in [2.24, 2.45) is 5.92 Å². The Morgan fingerprint density at radius 1 is 1.67 bits per heavy atom. The number of carboxylic acids is 1. The van der Waals surface area contributed by atoms with Gasteiger partial charge in [0.2, 0.25) is 6.17 Å². The lowest BCUT2D eigenvalue weighted by molar-refractivity contribution is -0.145. The van der Waals surface area contributed by atoms with Gasteiger partial charge in [0.05, 0.1) is 0 Å². The van der Waals surface area contributed by atoms with Crippen LogP contribution in [0.4, 0.5) is 4.39 Å². The number of rotatable bonds is 2. The molecule has 1 aliphatic heterocycles. The summed E-state index contributed by atoms with van der Waals surface area (Å²) >= 11 is 0. The normalized spacial score (nSPS) is 25.6. The van der Waals surface area contributed by atoms with Crippen LogP contribution in [-0.2, 0) is 4.79 Å². The van der Waals surface area contributed by atoms with E-state index in [-0.39, 0.29) is 18.3 Å². The molecule has 0 saturated carbocycles. The van der Waals surface area contributed by atoms with E-state index < -0.39 is 12.1 Å². The number of aliphatic carboxylic acids is 1. The molecule has 3 nitrogen and oxygen atoms in total. The van der Waals surface area contributed by atoms with Crippen molar-refractivity contribution in [3.05, 3.63) is 0 Å². The summed E-state index contributed by atoms with van der Waals surface area (Å²) in [6.45, 7) is 1.37. The van der Waals surface area contributed by atoms with Crippen LogP contribution in [0.2, 0.25) is 0 Å². The van der Waals surface area contributed by atoms with Gasteiger partial charge in [-0.05, 0) is 19.4 Å². The molecule has 2 unspecified atom stereocenters. The molecule has 1 heterocycles. The maximum absolute atomic E-state index is 12.8. The highest BCUT2D eigenvalue weighted by Crippen LogP contribution is 2.16. The summed E-state index contributed by atoms with van der Waals surface area (Å²) in [6, 6.07) is 0. The largest absolute Gasteiger partial charge is 0.479 e. The highest BCUT2D eigenvalue weighted by molar-refractivity contribution is 5.85. The number of piperidine rings is 1. The van der Waals surface area contributed by atoms with E-state index in [0.717, 1.165) is 13.0 Å². The summed E-state index contributed by atoms with van der Waals surface area (Å²) < 4.78 is 12.8. The molecule has 0 radical (unpaired) electrons. The second-order valence-corrected chi connectivity index (χ2v) is 2.85. The molecular weight excluding hydrogens is 185 g/mol. The van der Waals surface area contributed by atoms with E-state index >= 15 is 0 Å². The van der Waals surface area contributed by atoms with E-state index in [4.69, 9.17) is 5.11 Å². The van der Waals surface area contributed by atoms with Crippen LogP contribution in [0.5, 0.6) is 0 Å². The topological polar surface area (TPSA) is 49.3 Å². The molecule has 72 valence electrons. The van der Waals surface area contributed by atoms with Gasteiger partial charge in [-0.15, -0.1) is 12.4 Å². The van der Waals surface area contributed by atoms with Crippen LogP contribution in [-0.4, -0.2) is 30.3 Å². The predicted octanol–water partition coefficient (Wildman–Crippen LogP) is 0.831. The number of nitrogens with one attached hydrogen (secondary N) is 1. The highest BCUT2D eigenvalue weighted by atomic mass is 35.5. The fraction of sp³-hybridized carbons (Fsp3) is 0.857. The lowest BCUT2D eigenvalue weighted by atomic mass is 9.95. The van der Waals surface area contributed by atoms with E-state index in [1.807, 2.05) is 0 Å². The molecule has 1 saturated heterocycles. The standard InChI is InChI=1S/C7H12FNO2.ClH/c8-6(7(10)11)5-2-1-3-9-4-5;/h5-6,9H,1-4H2,(H,10,11);1H. The van der Waals surface area contributed by atoms with Crippen molar-refractivity contribution in [3.63, 3.8) is 0 Å². The second-order valence-electron chi connectivity index (χ2n) is 2.85. The molecular formula is C7H13ClFNO2. The van der Waals surface area contributed by atoms with Crippen molar-refractivity contribution in [2.45, 2.75) is 19.0 Å². The van der Waals surface area contributed by atoms with E-state index in [1.165, 1.54) is 0 Å². The minimum absolute atomic E-state index is 0. The number of alkyl halides is 1. The van der Waals surface area contributed by atoms with Gasteiger partial charge in [-0.3, -0.25) is 0 Å². The van der Waals surface area contributed by atoms with Crippen LogP contribution < -0.4 is 5.32 Å². The first-order valence-electron chi connectivity index (χ1n) is 3.79. The van der Waals surface area contributed by atoms with Gasteiger partial charge >= 0.3 is 5.97 Å². The summed E-state index contributed by atoms with van der Waals surface area (Å²) in [6.07, 6.45) is -0.137. The fourth-order valence-electron chi connectivity index (χ4n) is 1.33. The Morgan fingerprint density at radius 3 is 2.75 bits per heavy atom. The smallest absolute Gasteiger partial charge is 0.338 e.